The van der Waals surface area contributed by atoms with Crippen LogP contribution in [0.4, 0.5) is 0 Å². The van der Waals surface area contributed by atoms with Crippen molar-refractivity contribution in [3.05, 3.63) is 117 Å². The first-order valence-electron chi connectivity index (χ1n) is 8.97. The summed E-state index contributed by atoms with van der Waals surface area (Å²) in [7, 11) is 0. The second kappa shape index (κ2) is 6.80. The lowest BCUT2D eigenvalue weighted by Gasteiger charge is -2.25. The molecule has 1 aliphatic heterocycles. The molecule has 1 aliphatic rings. The van der Waals surface area contributed by atoms with Crippen LogP contribution in [0.2, 0.25) is 0 Å². The third kappa shape index (κ3) is 2.86. The Kier molecular flexibility index (Phi) is 4.14. The molecular formula is C24H15BrO3. The molecule has 0 aliphatic carbocycles. The topological polar surface area (TPSA) is 39.4 Å². The molecule has 0 saturated heterocycles. The van der Waals surface area contributed by atoms with Gasteiger partial charge in [-0.15, -0.1) is 0 Å². The van der Waals surface area contributed by atoms with Crippen molar-refractivity contribution >= 4 is 32.7 Å². The van der Waals surface area contributed by atoms with Crippen LogP contribution in [0.25, 0.3) is 16.7 Å². The van der Waals surface area contributed by atoms with Crippen LogP contribution in [-0.2, 0) is 0 Å². The van der Waals surface area contributed by atoms with E-state index >= 15 is 0 Å². The third-order valence-electron chi connectivity index (χ3n) is 4.93. The molecule has 5 rings (SSSR count). The van der Waals surface area contributed by atoms with Crippen molar-refractivity contribution in [2.45, 2.75) is 5.92 Å². The van der Waals surface area contributed by atoms with Gasteiger partial charge in [0.05, 0.1) is 10.9 Å². The molecule has 0 spiro atoms. The van der Waals surface area contributed by atoms with Gasteiger partial charge in [-0.05, 0) is 35.9 Å². The average molecular weight is 431 g/mol. The van der Waals surface area contributed by atoms with Gasteiger partial charge in [-0.25, -0.2) is 4.79 Å². The largest absolute Gasteiger partial charge is 0.456 e. The molecule has 136 valence electrons. The number of ether oxygens (including phenoxy) is 1. The van der Waals surface area contributed by atoms with Crippen molar-refractivity contribution in [2.75, 3.05) is 0 Å². The maximum absolute atomic E-state index is 12.9. The van der Waals surface area contributed by atoms with Gasteiger partial charge < -0.3 is 9.15 Å². The van der Waals surface area contributed by atoms with Crippen LogP contribution in [0.1, 0.15) is 22.6 Å². The minimum absolute atomic E-state index is 0.257. The van der Waals surface area contributed by atoms with Crippen molar-refractivity contribution in [1.29, 1.82) is 0 Å². The second-order valence-electron chi connectivity index (χ2n) is 6.66. The summed E-state index contributed by atoms with van der Waals surface area (Å²) in [5.41, 5.74) is 2.65. The second-order valence-corrected chi connectivity index (χ2v) is 7.57. The number of allylic oxidation sites excluding steroid dienone is 1. The predicted molar refractivity (Wildman–Crippen MR) is 114 cm³/mol. The van der Waals surface area contributed by atoms with E-state index in [1.165, 1.54) is 0 Å². The van der Waals surface area contributed by atoms with Crippen molar-refractivity contribution in [3.63, 3.8) is 0 Å². The lowest BCUT2D eigenvalue weighted by Crippen LogP contribution is -2.19. The molecule has 2 heterocycles. The summed E-state index contributed by atoms with van der Waals surface area (Å²) in [4.78, 5) is 12.9. The van der Waals surface area contributed by atoms with Crippen LogP contribution in [0.5, 0.6) is 5.75 Å². The van der Waals surface area contributed by atoms with E-state index in [2.05, 4.69) is 15.9 Å². The number of fused-ring (bicyclic) bond motifs is 3. The van der Waals surface area contributed by atoms with E-state index in [4.69, 9.17) is 9.15 Å². The number of rotatable bonds is 2. The Morgan fingerprint density at radius 1 is 0.821 bits per heavy atom. The van der Waals surface area contributed by atoms with E-state index in [0.717, 1.165) is 26.7 Å². The Balaban J connectivity index is 1.79. The molecule has 0 fully saturated rings. The molecule has 0 bridgehead atoms. The predicted octanol–water partition coefficient (Wildman–Crippen LogP) is 6.12. The molecule has 3 aromatic carbocycles. The summed E-state index contributed by atoms with van der Waals surface area (Å²) in [5, 5.41) is 0.792. The monoisotopic (exact) mass is 430 g/mol. The Labute approximate surface area is 170 Å². The Hall–Kier alpha value is -3.11. The van der Waals surface area contributed by atoms with Crippen molar-refractivity contribution in [3.8, 4) is 5.75 Å². The molecule has 1 atom stereocenters. The molecule has 3 nitrogen and oxygen atoms in total. The quantitative estimate of drug-likeness (QED) is 0.359. The minimum atomic E-state index is -0.370. The summed E-state index contributed by atoms with van der Waals surface area (Å²) < 4.78 is 12.9. The zero-order chi connectivity index (χ0) is 19.1. The summed E-state index contributed by atoms with van der Waals surface area (Å²) in [6.07, 6.45) is 1.99. The number of hydrogen-bond acceptors (Lipinski definition) is 3. The highest BCUT2D eigenvalue weighted by Crippen LogP contribution is 2.42. The van der Waals surface area contributed by atoms with Gasteiger partial charge in [0.2, 0.25) is 0 Å². The average Bonchev–Trinajstić information content (AvgIpc) is 2.74. The molecule has 4 heteroatoms. The van der Waals surface area contributed by atoms with Crippen molar-refractivity contribution < 1.29 is 9.15 Å². The number of hydrogen-bond donors (Lipinski definition) is 0. The molecule has 0 amide bonds. The van der Waals surface area contributed by atoms with Crippen LogP contribution < -0.4 is 10.4 Å². The summed E-state index contributed by atoms with van der Waals surface area (Å²) in [5.74, 6) is 1.05. The van der Waals surface area contributed by atoms with Gasteiger partial charge in [0.15, 0.2) is 0 Å². The van der Waals surface area contributed by atoms with Crippen LogP contribution in [0, 0.1) is 0 Å². The normalized spacial score (nSPS) is 15.6. The zero-order valence-corrected chi connectivity index (χ0v) is 16.3. The fourth-order valence-electron chi connectivity index (χ4n) is 3.58. The van der Waals surface area contributed by atoms with Gasteiger partial charge in [-0.1, -0.05) is 70.5 Å². The number of halogens is 1. The molecule has 1 unspecified atom stereocenters. The Bertz CT molecular complexity index is 1250. The first-order chi connectivity index (χ1) is 13.7. The maximum Gasteiger partial charge on any atom is 0.344 e. The van der Waals surface area contributed by atoms with Gasteiger partial charge in [0, 0.05) is 16.0 Å². The summed E-state index contributed by atoms with van der Waals surface area (Å²) >= 11 is 3.48. The van der Waals surface area contributed by atoms with Gasteiger partial charge in [0.25, 0.3) is 0 Å². The smallest absolute Gasteiger partial charge is 0.344 e. The molecule has 0 radical (unpaired) electrons. The zero-order valence-electron chi connectivity index (χ0n) is 14.8. The lowest BCUT2D eigenvalue weighted by atomic mass is 9.88. The highest BCUT2D eigenvalue weighted by atomic mass is 79.9. The van der Waals surface area contributed by atoms with Gasteiger partial charge in [0.1, 0.15) is 17.1 Å². The van der Waals surface area contributed by atoms with E-state index in [-0.39, 0.29) is 11.5 Å². The van der Waals surface area contributed by atoms with E-state index in [9.17, 15) is 4.79 Å². The van der Waals surface area contributed by atoms with Crippen molar-refractivity contribution in [2.24, 2.45) is 0 Å². The number of para-hydroxylation sites is 1. The van der Waals surface area contributed by atoms with Crippen LogP contribution in [0.15, 0.2) is 98.6 Å². The minimum Gasteiger partial charge on any atom is -0.456 e. The summed E-state index contributed by atoms with van der Waals surface area (Å²) in [6.45, 7) is 0. The van der Waals surface area contributed by atoms with Crippen LogP contribution >= 0.6 is 15.9 Å². The van der Waals surface area contributed by atoms with Gasteiger partial charge in [-0.3, -0.25) is 0 Å². The van der Waals surface area contributed by atoms with Crippen LogP contribution in [-0.4, -0.2) is 0 Å². The third-order valence-corrected chi connectivity index (χ3v) is 5.46. The summed E-state index contributed by atoms with van der Waals surface area (Å²) in [6, 6.07) is 25.4. The SMILES string of the molecule is O=c1oc2ccccc2c2c1C(c1ccc(Br)cc1)C=C(c1ccccc1)O2. The van der Waals surface area contributed by atoms with Gasteiger partial charge in [-0.2, -0.15) is 0 Å². The molecular weight excluding hydrogens is 416 g/mol. The Morgan fingerprint density at radius 2 is 1.54 bits per heavy atom. The fraction of sp³-hybridized carbons (Fsp3) is 0.0417. The van der Waals surface area contributed by atoms with E-state index in [0.29, 0.717) is 16.9 Å². The standard InChI is InChI=1S/C24H15BrO3/c25-17-12-10-15(11-13-17)19-14-21(16-6-2-1-3-7-16)27-23-18-8-4-5-9-20(18)28-24(26)22(19)23/h1-14,19H. The molecule has 28 heavy (non-hydrogen) atoms. The van der Waals surface area contributed by atoms with E-state index < -0.39 is 0 Å². The molecule has 0 saturated carbocycles. The molecule has 4 aromatic rings. The molecule has 0 N–H and O–H groups in total. The van der Waals surface area contributed by atoms with Gasteiger partial charge >= 0.3 is 5.63 Å². The highest BCUT2D eigenvalue weighted by Gasteiger charge is 2.30. The fourth-order valence-corrected chi connectivity index (χ4v) is 3.85. The van der Waals surface area contributed by atoms with E-state index in [1.54, 1.807) is 6.07 Å². The maximum atomic E-state index is 12.9. The molecule has 1 aromatic heterocycles. The lowest BCUT2D eigenvalue weighted by molar-refractivity contribution is 0.472. The van der Waals surface area contributed by atoms with Crippen LogP contribution in [0.3, 0.4) is 0 Å². The number of benzene rings is 3. The highest BCUT2D eigenvalue weighted by molar-refractivity contribution is 9.10. The van der Waals surface area contributed by atoms with E-state index in [1.807, 2.05) is 78.9 Å². The first-order valence-corrected chi connectivity index (χ1v) is 9.76. The van der Waals surface area contributed by atoms with Crippen molar-refractivity contribution in [1.82, 2.24) is 0 Å². The first kappa shape index (κ1) is 17.0. The Morgan fingerprint density at radius 3 is 2.32 bits per heavy atom.